The lowest BCUT2D eigenvalue weighted by Gasteiger charge is -2.13. The van der Waals surface area contributed by atoms with E-state index in [-0.39, 0.29) is 12.5 Å². The predicted molar refractivity (Wildman–Crippen MR) is 68.2 cm³/mol. The van der Waals surface area contributed by atoms with Gasteiger partial charge in [-0.3, -0.25) is 4.79 Å². The van der Waals surface area contributed by atoms with Crippen LogP contribution in [0.15, 0.2) is 12.1 Å². The van der Waals surface area contributed by atoms with Crippen LogP contribution in [0.5, 0.6) is 5.75 Å². The van der Waals surface area contributed by atoms with Crippen molar-refractivity contribution >= 4 is 5.91 Å². The zero-order chi connectivity index (χ0) is 12.8. The highest BCUT2D eigenvalue weighted by atomic mass is 16.5. The molecule has 1 aromatic rings. The summed E-state index contributed by atoms with van der Waals surface area (Å²) >= 11 is 0. The molecular formula is C13H20N2O2. The largest absolute Gasteiger partial charge is 0.496 e. The van der Waals surface area contributed by atoms with Crippen LogP contribution in [0.4, 0.5) is 0 Å². The number of carbonyl (C=O) groups excluding carboxylic acids is 1. The first-order chi connectivity index (χ1) is 8.08. The summed E-state index contributed by atoms with van der Waals surface area (Å²) in [6, 6.07) is 4.12. The normalized spacial score (nSPS) is 10.1. The maximum Gasteiger partial charge on any atom is 0.233 e. The summed E-state index contributed by atoms with van der Waals surface area (Å²) in [7, 11) is 1.66. The molecule has 0 saturated heterocycles. The Morgan fingerprint density at radius 1 is 1.41 bits per heavy atom. The Morgan fingerprint density at radius 2 is 2.12 bits per heavy atom. The molecule has 0 aliphatic carbocycles. The van der Waals surface area contributed by atoms with Crippen LogP contribution in [0.3, 0.4) is 0 Å². The van der Waals surface area contributed by atoms with Gasteiger partial charge in [0, 0.05) is 6.54 Å². The average molecular weight is 236 g/mol. The molecule has 1 amide bonds. The van der Waals surface area contributed by atoms with E-state index < -0.39 is 0 Å². The predicted octanol–water partition coefficient (Wildman–Crippen LogP) is 0.929. The Kier molecular flexibility index (Phi) is 4.97. The summed E-state index contributed by atoms with van der Waals surface area (Å²) in [5.74, 6) is 0.748. The van der Waals surface area contributed by atoms with Crippen LogP contribution < -0.4 is 15.8 Å². The topological polar surface area (TPSA) is 64.3 Å². The highest BCUT2D eigenvalue weighted by Crippen LogP contribution is 2.24. The minimum absolute atomic E-state index is 0.0318. The Hall–Kier alpha value is -1.55. The number of nitrogens with two attached hydrogens (primary N) is 1. The van der Waals surface area contributed by atoms with Gasteiger partial charge in [0.05, 0.1) is 13.7 Å². The van der Waals surface area contributed by atoms with E-state index in [9.17, 15) is 4.79 Å². The third kappa shape index (κ3) is 3.75. The van der Waals surface area contributed by atoms with Crippen LogP contribution in [0.2, 0.25) is 0 Å². The van der Waals surface area contributed by atoms with Crippen molar-refractivity contribution in [2.75, 3.05) is 20.2 Å². The number of benzene rings is 1. The van der Waals surface area contributed by atoms with Crippen molar-refractivity contribution in [2.24, 2.45) is 5.73 Å². The lowest BCUT2D eigenvalue weighted by molar-refractivity contribution is -0.119. The molecular weight excluding hydrogens is 216 g/mol. The first-order valence-electron chi connectivity index (χ1n) is 5.69. The number of hydrogen-bond acceptors (Lipinski definition) is 3. The Morgan fingerprint density at radius 3 is 2.71 bits per heavy atom. The molecule has 94 valence electrons. The van der Waals surface area contributed by atoms with Gasteiger partial charge >= 0.3 is 0 Å². The van der Waals surface area contributed by atoms with E-state index in [0.29, 0.717) is 6.54 Å². The highest BCUT2D eigenvalue weighted by molar-refractivity contribution is 5.77. The van der Waals surface area contributed by atoms with Crippen molar-refractivity contribution < 1.29 is 9.53 Å². The lowest BCUT2D eigenvalue weighted by atomic mass is 10.0. The first-order valence-corrected chi connectivity index (χ1v) is 5.69. The van der Waals surface area contributed by atoms with Crippen LogP contribution >= 0.6 is 0 Å². The van der Waals surface area contributed by atoms with Gasteiger partial charge < -0.3 is 15.8 Å². The SMILES string of the molecule is COc1cc(C)cc(C)c1CCNC(=O)CN. The number of aryl methyl sites for hydroxylation is 2. The fraction of sp³-hybridized carbons (Fsp3) is 0.462. The van der Waals surface area contributed by atoms with Gasteiger partial charge in [0.2, 0.25) is 5.91 Å². The molecule has 17 heavy (non-hydrogen) atoms. The second-order valence-electron chi connectivity index (χ2n) is 4.07. The Balaban J connectivity index is 2.73. The second-order valence-corrected chi connectivity index (χ2v) is 4.07. The molecule has 0 fully saturated rings. The van der Waals surface area contributed by atoms with Crippen molar-refractivity contribution in [3.63, 3.8) is 0 Å². The van der Waals surface area contributed by atoms with Crippen molar-refractivity contribution in [1.29, 1.82) is 0 Å². The molecule has 1 rings (SSSR count). The summed E-state index contributed by atoms with van der Waals surface area (Å²) in [5.41, 5.74) is 8.71. The van der Waals surface area contributed by atoms with Crippen molar-refractivity contribution in [1.82, 2.24) is 5.32 Å². The highest BCUT2D eigenvalue weighted by Gasteiger charge is 2.07. The number of hydrogen-bond donors (Lipinski definition) is 2. The fourth-order valence-corrected chi connectivity index (χ4v) is 1.86. The number of rotatable bonds is 5. The number of methoxy groups -OCH3 is 1. The molecule has 4 nitrogen and oxygen atoms in total. The summed E-state index contributed by atoms with van der Waals surface area (Å²) < 4.78 is 5.35. The van der Waals surface area contributed by atoms with E-state index in [1.165, 1.54) is 11.1 Å². The van der Waals surface area contributed by atoms with E-state index >= 15 is 0 Å². The maximum absolute atomic E-state index is 11.0. The van der Waals surface area contributed by atoms with Gasteiger partial charge in [0.1, 0.15) is 5.75 Å². The summed E-state index contributed by atoms with van der Waals surface area (Å²) in [4.78, 5) is 11.0. The van der Waals surface area contributed by atoms with E-state index in [1.807, 2.05) is 13.0 Å². The van der Waals surface area contributed by atoms with Gasteiger partial charge in [-0.05, 0) is 43.0 Å². The van der Waals surface area contributed by atoms with Gasteiger partial charge in [-0.25, -0.2) is 0 Å². The molecule has 0 atom stereocenters. The number of amides is 1. The maximum atomic E-state index is 11.0. The second kappa shape index (κ2) is 6.25. The van der Waals surface area contributed by atoms with Crippen molar-refractivity contribution in [3.8, 4) is 5.75 Å². The van der Waals surface area contributed by atoms with E-state index in [1.54, 1.807) is 7.11 Å². The molecule has 3 N–H and O–H groups in total. The summed E-state index contributed by atoms with van der Waals surface area (Å²) in [5, 5.41) is 2.75. The van der Waals surface area contributed by atoms with Crippen LogP contribution in [-0.2, 0) is 11.2 Å². The number of nitrogens with one attached hydrogen (secondary N) is 1. The monoisotopic (exact) mass is 236 g/mol. The van der Waals surface area contributed by atoms with Crippen molar-refractivity contribution in [3.05, 3.63) is 28.8 Å². The molecule has 0 saturated carbocycles. The smallest absolute Gasteiger partial charge is 0.233 e. The molecule has 0 heterocycles. The number of carbonyl (C=O) groups is 1. The molecule has 0 bridgehead atoms. The van der Waals surface area contributed by atoms with Gasteiger partial charge in [-0.2, -0.15) is 0 Å². The minimum atomic E-state index is -0.131. The van der Waals surface area contributed by atoms with E-state index in [4.69, 9.17) is 10.5 Å². The van der Waals surface area contributed by atoms with Gasteiger partial charge in [-0.15, -0.1) is 0 Å². The van der Waals surface area contributed by atoms with Gasteiger partial charge in [0.15, 0.2) is 0 Å². The molecule has 0 radical (unpaired) electrons. The molecule has 0 unspecified atom stereocenters. The molecule has 4 heteroatoms. The zero-order valence-corrected chi connectivity index (χ0v) is 10.7. The lowest BCUT2D eigenvalue weighted by Crippen LogP contribution is -2.31. The third-order valence-corrected chi connectivity index (χ3v) is 2.68. The standard InChI is InChI=1S/C13H20N2O2/c1-9-6-10(2)11(12(7-9)17-3)4-5-15-13(16)8-14/h6-7H,4-5,8,14H2,1-3H3,(H,15,16). The minimum Gasteiger partial charge on any atom is -0.496 e. The molecule has 0 aliphatic heterocycles. The van der Waals surface area contributed by atoms with Crippen LogP contribution in [0.25, 0.3) is 0 Å². The fourth-order valence-electron chi connectivity index (χ4n) is 1.86. The van der Waals surface area contributed by atoms with Gasteiger partial charge in [0.25, 0.3) is 0 Å². The zero-order valence-electron chi connectivity index (χ0n) is 10.7. The average Bonchev–Trinajstić information content (AvgIpc) is 2.30. The molecule has 0 aromatic heterocycles. The van der Waals surface area contributed by atoms with Crippen molar-refractivity contribution in [2.45, 2.75) is 20.3 Å². The summed E-state index contributed by atoms with van der Waals surface area (Å²) in [6.45, 7) is 4.70. The van der Waals surface area contributed by atoms with Crippen LogP contribution in [0.1, 0.15) is 16.7 Å². The van der Waals surface area contributed by atoms with Crippen LogP contribution in [-0.4, -0.2) is 26.1 Å². The first kappa shape index (κ1) is 13.5. The third-order valence-electron chi connectivity index (χ3n) is 2.68. The number of ether oxygens (including phenoxy) is 1. The quantitative estimate of drug-likeness (QED) is 0.799. The van der Waals surface area contributed by atoms with Crippen LogP contribution in [0, 0.1) is 13.8 Å². The Labute approximate surface area is 102 Å². The van der Waals surface area contributed by atoms with Gasteiger partial charge in [-0.1, -0.05) is 6.07 Å². The molecule has 1 aromatic carbocycles. The molecule has 0 aliphatic rings. The van der Waals surface area contributed by atoms with E-state index in [0.717, 1.165) is 17.7 Å². The summed E-state index contributed by atoms with van der Waals surface area (Å²) in [6.07, 6.45) is 0.751. The molecule has 0 spiro atoms. The van der Waals surface area contributed by atoms with E-state index in [2.05, 4.69) is 18.3 Å². The Bertz CT molecular complexity index is 403.